The molecule has 0 unspecified atom stereocenters. The van der Waals surface area contributed by atoms with Crippen LogP contribution in [-0.2, 0) is 17.2 Å². The third-order valence-electron chi connectivity index (χ3n) is 3.23. The predicted molar refractivity (Wildman–Crippen MR) is 74.9 cm³/mol. The zero-order valence-electron chi connectivity index (χ0n) is 11.3. The summed E-state index contributed by atoms with van der Waals surface area (Å²) < 4.78 is 34.0. The zero-order valence-corrected chi connectivity index (χ0v) is 12.1. The summed E-state index contributed by atoms with van der Waals surface area (Å²) in [7, 11) is 1.66. The number of aromatic nitrogens is 2. The fourth-order valence-electron chi connectivity index (χ4n) is 2.24. The summed E-state index contributed by atoms with van der Waals surface area (Å²) >= 11 is 5.84. The van der Waals surface area contributed by atoms with Crippen molar-refractivity contribution in [3.05, 3.63) is 29.6 Å². The van der Waals surface area contributed by atoms with E-state index in [4.69, 9.17) is 16.3 Å². The lowest BCUT2D eigenvalue weighted by Crippen LogP contribution is -2.04. The third kappa shape index (κ3) is 3.10. The molecule has 0 spiro atoms. The highest BCUT2D eigenvalue weighted by atomic mass is 35.5. The maximum absolute atomic E-state index is 13.9. The van der Waals surface area contributed by atoms with Crippen LogP contribution in [0.1, 0.15) is 25.1 Å². The molecule has 0 saturated heterocycles. The van der Waals surface area contributed by atoms with E-state index in [1.54, 1.807) is 11.7 Å². The number of halogens is 3. The van der Waals surface area contributed by atoms with Gasteiger partial charge in [0.05, 0.1) is 11.4 Å². The fraction of sp³-hybridized carbons (Fsp3) is 0.500. The normalized spacial score (nSPS) is 11.4. The minimum absolute atomic E-state index is 0.174. The molecule has 0 saturated carbocycles. The van der Waals surface area contributed by atoms with Crippen LogP contribution in [0.4, 0.5) is 8.78 Å². The minimum Gasteiger partial charge on any atom is -0.385 e. The molecule has 1 aromatic heterocycles. The van der Waals surface area contributed by atoms with E-state index in [0.717, 1.165) is 25.3 Å². The van der Waals surface area contributed by atoms with Crippen molar-refractivity contribution in [2.45, 2.75) is 31.7 Å². The highest BCUT2D eigenvalue weighted by molar-refractivity contribution is 6.16. The molecule has 0 N–H and O–H groups in total. The Kier molecular flexibility index (Phi) is 5.31. The van der Waals surface area contributed by atoms with E-state index in [1.165, 1.54) is 6.07 Å². The molecule has 0 bridgehead atoms. The second kappa shape index (κ2) is 6.99. The molecule has 2 rings (SSSR count). The van der Waals surface area contributed by atoms with Crippen molar-refractivity contribution < 1.29 is 13.5 Å². The number of fused-ring (bicyclic) bond motifs is 1. The van der Waals surface area contributed by atoms with Crippen molar-refractivity contribution in [2.75, 3.05) is 13.7 Å². The van der Waals surface area contributed by atoms with Gasteiger partial charge in [0.25, 0.3) is 0 Å². The second-order valence-electron chi connectivity index (χ2n) is 4.60. The zero-order chi connectivity index (χ0) is 14.5. The number of rotatable bonds is 7. The van der Waals surface area contributed by atoms with Crippen LogP contribution in [0.5, 0.6) is 0 Å². The van der Waals surface area contributed by atoms with E-state index in [-0.39, 0.29) is 11.4 Å². The molecule has 110 valence electrons. The number of unbranched alkanes of at least 4 members (excludes halogenated alkanes) is 2. The summed E-state index contributed by atoms with van der Waals surface area (Å²) in [5, 5.41) is 0. The van der Waals surface area contributed by atoms with Crippen LogP contribution in [0.2, 0.25) is 0 Å². The maximum atomic E-state index is 13.9. The summed E-state index contributed by atoms with van der Waals surface area (Å²) in [6, 6.07) is 2.57. The molecule has 0 amide bonds. The number of nitrogens with zero attached hydrogens (tertiary/aromatic N) is 2. The topological polar surface area (TPSA) is 27.1 Å². The summed E-state index contributed by atoms with van der Waals surface area (Å²) in [5.41, 5.74) is 0.642. The van der Waals surface area contributed by atoms with Gasteiger partial charge in [-0.05, 0) is 31.4 Å². The van der Waals surface area contributed by atoms with Gasteiger partial charge in [0, 0.05) is 20.3 Å². The minimum atomic E-state index is -0.862. The van der Waals surface area contributed by atoms with Crippen molar-refractivity contribution in [2.24, 2.45) is 0 Å². The van der Waals surface area contributed by atoms with Gasteiger partial charge in [-0.2, -0.15) is 0 Å². The molecule has 0 atom stereocenters. The Hall–Kier alpha value is -1.20. The SMILES string of the molecule is COCCCCCn1c(CCl)nc2ccc(F)c(F)c21. The van der Waals surface area contributed by atoms with Gasteiger partial charge in [-0.3, -0.25) is 0 Å². The smallest absolute Gasteiger partial charge is 0.184 e. The van der Waals surface area contributed by atoms with Crippen LogP contribution >= 0.6 is 11.6 Å². The summed E-state index contributed by atoms with van der Waals surface area (Å²) in [5.74, 6) is -0.978. The number of aryl methyl sites for hydroxylation is 1. The summed E-state index contributed by atoms with van der Waals surface area (Å²) in [4.78, 5) is 4.25. The Bertz CT molecular complexity index is 586. The third-order valence-corrected chi connectivity index (χ3v) is 3.47. The Morgan fingerprint density at radius 3 is 2.75 bits per heavy atom. The van der Waals surface area contributed by atoms with Gasteiger partial charge in [0.15, 0.2) is 11.6 Å². The first-order chi connectivity index (χ1) is 9.69. The van der Waals surface area contributed by atoms with Crippen molar-refractivity contribution in [1.29, 1.82) is 0 Å². The lowest BCUT2D eigenvalue weighted by atomic mass is 10.2. The molecule has 0 aliphatic heterocycles. The Balaban J connectivity index is 2.23. The average Bonchev–Trinajstić information content (AvgIpc) is 2.81. The first-order valence-electron chi connectivity index (χ1n) is 6.57. The van der Waals surface area contributed by atoms with Gasteiger partial charge >= 0.3 is 0 Å². The first-order valence-corrected chi connectivity index (χ1v) is 7.10. The van der Waals surface area contributed by atoms with Crippen LogP contribution in [0, 0.1) is 11.6 Å². The molecule has 0 radical (unpaired) electrons. The number of methoxy groups -OCH3 is 1. The lowest BCUT2D eigenvalue weighted by molar-refractivity contribution is 0.191. The number of imidazole rings is 1. The molecule has 1 heterocycles. The van der Waals surface area contributed by atoms with Crippen LogP contribution < -0.4 is 0 Å². The van der Waals surface area contributed by atoms with Crippen LogP contribution in [0.3, 0.4) is 0 Å². The van der Waals surface area contributed by atoms with Crippen molar-refractivity contribution in [3.8, 4) is 0 Å². The Labute approximate surface area is 121 Å². The fourth-order valence-corrected chi connectivity index (χ4v) is 2.45. The second-order valence-corrected chi connectivity index (χ2v) is 4.86. The highest BCUT2D eigenvalue weighted by Crippen LogP contribution is 2.23. The lowest BCUT2D eigenvalue weighted by Gasteiger charge is -2.08. The number of hydrogen-bond acceptors (Lipinski definition) is 2. The molecule has 2 aromatic rings. The Morgan fingerprint density at radius 2 is 2.05 bits per heavy atom. The van der Waals surface area contributed by atoms with Crippen molar-refractivity contribution in [1.82, 2.24) is 9.55 Å². The van der Waals surface area contributed by atoms with Crippen LogP contribution in [-0.4, -0.2) is 23.3 Å². The molecule has 3 nitrogen and oxygen atoms in total. The van der Waals surface area contributed by atoms with Crippen LogP contribution in [0.25, 0.3) is 11.0 Å². The van der Waals surface area contributed by atoms with E-state index in [0.29, 0.717) is 24.5 Å². The van der Waals surface area contributed by atoms with E-state index >= 15 is 0 Å². The summed E-state index contributed by atoms with van der Waals surface area (Å²) in [6.07, 6.45) is 2.73. The molecule has 0 aliphatic rings. The van der Waals surface area contributed by atoms with Gasteiger partial charge in [-0.15, -0.1) is 11.6 Å². The van der Waals surface area contributed by atoms with E-state index < -0.39 is 11.6 Å². The average molecular weight is 303 g/mol. The van der Waals surface area contributed by atoms with Gasteiger partial charge in [-0.1, -0.05) is 0 Å². The maximum Gasteiger partial charge on any atom is 0.184 e. The van der Waals surface area contributed by atoms with Crippen molar-refractivity contribution in [3.63, 3.8) is 0 Å². The first kappa shape index (κ1) is 15.2. The number of ether oxygens (including phenoxy) is 1. The molecular weight excluding hydrogens is 286 g/mol. The van der Waals surface area contributed by atoms with Gasteiger partial charge in [-0.25, -0.2) is 13.8 Å². The predicted octanol–water partition coefficient (Wildman–Crippen LogP) is 3.87. The molecular formula is C14H17ClF2N2O. The van der Waals surface area contributed by atoms with Gasteiger partial charge < -0.3 is 9.30 Å². The molecule has 0 fully saturated rings. The number of alkyl halides is 1. The van der Waals surface area contributed by atoms with Gasteiger partial charge in [0.2, 0.25) is 0 Å². The van der Waals surface area contributed by atoms with E-state index in [2.05, 4.69) is 4.98 Å². The molecule has 20 heavy (non-hydrogen) atoms. The van der Waals surface area contributed by atoms with Crippen LogP contribution in [0.15, 0.2) is 12.1 Å². The largest absolute Gasteiger partial charge is 0.385 e. The highest BCUT2D eigenvalue weighted by Gasteiger charge is 2.16. The quantitative estimate of drug-likeness (QED) is 0.573. The standard InChI is InChI=1S/C14H17ClF2N2O/c1-20-8-4-2-3-7-19-12(9-15)18-11-6-5-10(16)13(17)14(11)19/h5-6H,2-4,7-9H2,1H3. The Morgan fingerprint density at radius 1 is 1.25 bits per heavy atom. The van der Waals surface area contributed by atoms with Gasteiger partial charge in [0.1, 0.15) is 11.3 Å². The van der Waals surface area contributed by atoms with Crippen molar-refractivity contribution >= 4 is 22.6 Å². The molecule has 0 aliphatic carbocycles. The number of benzene rings is 1. The van der Waals surface area contributed by atoms with E-state index in [1.807, 2.05) is 0 Å². The van der Waals surface area contributed by atoms with E-state index in [9.17, 15) is 8.78 Å². The monoisotopic (exact) mass is 302 g/mol. The molecule has 6 heteroatoms. The summed E-state index contributed by atoms with van der Waals surface area (Å²) in [6.45, 7) is 1.28. The number of hydrogen-bond donors (Lipinski definition) is 0. The molecule has 1 aromatic carbocycles.